The minimum Gasteiger partial charge on any atom is -0.494 e. The summed E-state index contributed by atoms with van der Waals surface area (Å²) < 4.78 is 5.70. The molecule has 34 heavy (non-hydrogen) atoms. The number of carbonyl (C=O) groups is 2. The second kappa shape index (κ2) is 10.1. The number of carbonyl (C=O) groups excluding carboxylic acids is 2. The zero-order valence-electron chi connectivity index (χ0n) is 18.9. The van der Waals surface area contributed by atoms with Crippen LogP contribution in [0.15, 0.2) is 29.3 Å². The molecule has 1 aliphatic heterocycles. The lowest BCUT2D eigenvalue weighted by molar-refractivity contribution is -0.121. The van der Waals surface area contributed by atoms with E-state index in [-0.39, 0.29) is 41.1 Å². The maximum atomic E-state index is 13.1. The van der Waals surface area contributed by atoms with Gasteiger partial charge in [0.2, 0.25) is 11.8 Å². The predicted molar refractivity (Wildman–Crippen MR) is 128 cm³/mol. The van der Waals surface area contributed by atoms with Gasteiger partial charge in [-0.1, -0.05) is 31.5 Å². The number of hydrogen-bond donors (Lipinski definition) is 1. The topological polar surface area (TPSA) is 133 Å². The Morgan fingerprint density at radius 2 is 1.85 bits per heavy atom. The fourth-order valence-electron chi connectivity index (χ4n) is 4.03. The van der Waals surface area contributed by atoms with E-state index in [1.807, 2.05) is 0 Å². The minimum atomic E-state index is -0.726. The first kappa shape index (κ1) is 23.6. The molecule has 2 N–H and O–H groups in total. The number of ether oxygens (including phenoxy) is 1. The summed E-state index contributed by atoms with van der Waals surface area (Å²) in [6.07, 6.45) is 4.94. The molecule has 0 radical (unpaired) electrons. The second-order valence-corrected chi connectivity index (χ2v) is 9.58. The van der Waals surface area contributed by atoms with Crippen molar-refractivity contribution in [3.8, 4) is 17.9 Å². The summed E-state index contributed by atoms with van der Waals surface area (Å²) in [5.74, 6) is 0.159. The summed E-state index contributed by atoms with van der Waals surface area (Å²) in [6.45, 7) is 2.75. The Labute approximate surface area is 202 Å². The number of aromatic nitrogens is 1. The van der Waals surface area contributed by atoms with Gasteiger partial charge in [0.05, 0.1) is 28.7 Å². The van der Waals surface area contributed by atoms with Crippen molar-refractivity contribution < 1.29 is 14.3 Å². The molecule has 9 heteroatoms. The molecule has 1 aromatic heterocycles. The third kappa shape index (κ3) is 4.71. The third-order valence-electron chi connectivity index (χ3n) is 5.91. The van der Waals surface area contributed by atoms with E-state index in [1.54, 1.807) is 24.3 Å². The molecule has 2 aromatic rings. The van der Waals surface area contributed by atoms with Gasteiger partial charge in [-0.05, 0) is 55.0 Å². The van der Waals surface area contributed by atoms with Gasteiger partial charge in [-0.2, -0.15) is 10.5 Å². The summed E-state index contributed by atoms with van der Waals surface area (Å²) in [6, 6.07) is 11.1. The Morgan fingerprint density at radius 3 is 2.47 bits per heavy atom. The number of unbranched alkanes of at least 4 members (excludes halogenated alkanes) is 2. The number of anilines is 2. The van der Waals surface area contributed by atoms with Crippen molar-refractivity contribution in [2.75, 3.05) is 17.2 Å². The van der Waals surface area contributed by atoms with Crippen molar-refractivity contribution in [2.24, 2.45) is 0 Å². The van der Waals surface area contributed by atoms with E-state index in [2.05, 4.69) is 24.0 Å². The zero-order chi connectivity index (χ0) is 24.2. The molecular weight excluding hydrogens is 450 g/mol. The highest BCUT2D eigenvalue weighted by Gasteiger charge is 2.41. The number of nitrogens with two attached hydrogens (primary N) is 1. The summed E-state index contributed by atoms with van der Waals surface area (Å²) in [5, 5.41) is 18.9. The Bertz CT molecular complexity index is 1200. The Balaban J connectivity index is 1.52. The number of rotatable bonds is 9. The number of thioether (sulfide) groups is 1. The van der Waals surface area contributed by atoms with Gasteiger partial charge in [0.25, 0.3) is 0 Å². The van der Waals surface area contributed by atoms with Crippen LogP contribution in [-0.4, -0.2) is 28.7 Å². The van der Waals surface area contributed by atoms with Gasteiger partial charge in [0, 0.05) is 6.42 Å². The highest BCUT2D eigenvalue weighted by Crippen LogP contribution is 2.47. The first-order valence-electron chi connectivity index (χ1n) is 11.4. The number of imide groups is 1. The molecule has 174 valence electrons. The lowest BCUT2D eigenvalue weighted by atomic mass is 10.0. The lowest BCUT2D eigenvalue weighted by Crippen LogP contribution is -2.31. The van der Waals surface area contributed by atoms with Gasteiger partial charge in [0.1, 0.15) is 28.7 Å². The number of benzene rings is 1. The van der Waals surface area contributed by atoms with Gasteiger partial charge in [-0.15, -0.1) is 0 Å². The molecule has 1 atom stereocenters. The average molecular weight is 476 g/mol. The fourth-order valence-corrected chi connectivity index (χ4v) is 5.15. The van der Waals surface area contributed by atoms with Crippen LogP contribution in [-0.2, 0) is 9.59 Å². The first-order valence-corrected chi connectivity index (χ1v) is 12.3. The van der Waals surface area contributed by atoms with E-state index < -0.39 is 5.25 Å². The normalized spacial score (nSPS) is 17.5. The van der Waals surface area contributed by atoms with Crippen LogP contribution in [0.4, 0.5) is 11.5 Å². The molecule has 4 rings (SSSR count). The molecule has 1 saturated heterocycles. The number of hydrogen-bond acceptors (Lipinski definition) is 8. The maximum Gasteiger partial charge on any atom is 0.247 e. The molecule has 1 saturated carbocycles. The molecular formula is C25H25N5O3S. The van der Waals surface area contributed by atoms with Crippen LogP contribution in [0.5, 0.6) is 5.75 Å². The Morgan fingerprint density at radius 1 is 1.15 bits per heavy atom. The van der Waals surface area contributed by atoms with Crippen molar-refractivity contribution in [1.29, 1.82) is 10.5 Å². The van der Waals surface area contributed by atoms with Crippen LogP contribution in [0, 0.1) is 22.7 Å². The van der Waals surface area contributed by atoms with E-state index in [9.17, 15) is 20.1 Å². The molecule has 1 aliphatic carbocycles. The molecule has 2 aliphatic rings. The van der Waals surface area contributed by atoms with Crippen LogP contribution in [0.3, 0.4) is 0 Å². The first-order chi connectivity index (χ1) is 16.5. The molecule has 2 amide bonds. The van der Waals surface area contributed by atoms with Crippen LogP contribution in [0.2, 0.25) is 0 Å². The summed E-state index contributed by atoms with van der Waals surface area (Å²) in [5.41, 5.74) is 7.61. The van der Waals surface area contributed by atoms with Crippen LogP contribution < -0.4 is 15.4 Å². The molecule has 1 unspecified atom stereocenters. The van der Waals surface area contributed by atoms with Gasteiger partial charge < -0.3 is 10.5 Å². The largest absolute Gasteiger partial charge is 0.494 e. The van der Waals surface area contributed by atoms with Crippen molar-refractivity contribution in [3.05, 3.63) is 41.0 Å². The van der Waals surface area contributed by atoms with E-state index in [4.69, 9.17) is 10.5 Å². The number of nitrogen functional groups attached to an aromatic ring is 1. The quantitative estimate of drug-likeness (QED) is 0.420. The van der Waals surface area contributed by atoms with E-state index in [0.717, 1.165) is 43.9 Å². The van der Waals surface area contributed by atoms with E-state index in [1.165, 1.54) is 4.90 Å². The fraction of sp³-hybridized carbons (Fsp3) is 0.400. The number of nitrogens with zero attached hydrogens (tertiary/aromatic N) is 4. The molecule has 0 bridgehead atoms. The van der Waals surface area contributed by atoms with Gasteiger partial charge in [0.15, 0.2) is 0 Å². The highest BCUT2D eigenvalue weighted by molar-refractivity contribution is 8.00. The summed E-state index contributed by atoms with van der Waals surface area (Å²) >= 11 is 1.06. The van der Waals surface area contributed by atoms with Crippen LogP contribution in [0.25, 0.3) is 0 Å². The van der Waals surface area contributed by atoms with E-state index in [0.29, 0.717) is 28.6 Å². The van der Waals surface area contributed by atoms with Crippen LogP contribution in [0.1, 0.15) is 68.1 Å². The van der Waals surface area contributed by atoms with Gasteiger partial charge in [-0.25, -0.2) is 9.88 Å². The van der Waals surface area contributed by atoms with Crippen molar-refractivity contribution in [3.63, 3.8) is 0 Å². The molecule has 1 aromatic carbocycles. The number of nitriles is 2. The zero-order valence-corrected chi connectivity index (χ0v) is 19.7. The number of amides is 2. The average Bonchev–Trinajstić information content (AvgIpc) is 3.63. The van der Waals surface area contributed by atoms with Crippen LogP contribution >= 0.6 is 11.8 Å². The summed E-state index contributed by atoms with van der Waals surface area (Å²) in [7, 11) is 0. The second-order valence-electron chi connectivity index (χ2n) is 8.39. The Kier molecular flexibility index (Phi) is 7.04. The molecule has 2 heterocycles. The van der Waals surface area contributed by atoms with Gasteiger partial charge >= 0.3 is 0 Å². The van der Waals surface area contributed by atoms with Crippen molar-refractivity contribution >= 4 is 35.1 Å². The van der Waals surface area contributed by atoms with E-state index >= 15 is 0 Å². The molecule has 8 nitrogen and oxygen atoms in total. The highest BCUT2D eigenvalue weighted by atomic mass is 32.2. The lowest BCUT2D eigenvalue weighted by Gasteiger charge is -2.16. The van der Waals surface area contributed by atoms with Crippen molar-refractivity contribution in [1.82, 2.24) is 4.98 Å². The maximum absolute atomic E-state index is 13.1. The van der Waals surface area contributed by atoms with Crippen molar-refractivity contribution in [2.45, 2.75) is 61.6 Å². The standard InChI is InChI=1S/C25H25N5O3S/c1-2-3-4-11-33-17-9-7-16(8-10-17)30-21(31)12-20(25(30)32)34-24-19(14-27)22(15-5-6-15)18(13-26)23(28)29-24/h7-10,15,20H,2-6,11-12H2,1H3,(H2,28,29). The smallest absolute Gasteiger partial charge is 0.247 e. The van der Waals surface area contributed by atoms with Gasteiger partial charge in [-0.3, -0.25) is 9.59 Å². The SMILES string of the molecule is CCCCCOc1ccc(N2C(=O)CC(Sc3nc(N)c(C#N)c(C4CC4)c3C#N)C2=O)cc1. The molecule has 0 spiro atoms. The number of pyridine rings is 1. The molecule has 2 fully saturated rings. The predicted octanol–water partition coefficient (Wildman–Crippen LogP) is 4.28. The minimum absolute atomic E-state index is 0.00993. The monoisotopic (exact) mass is 475 g/mol. The summed E-state index contributed by atoms with van der Waals surface area (Å²) in [4.78, 5) is 31.3. The third-order valence-corrected chi connectivity index (χ3v) is 7.08. The Hall–Kier alpha value is -3.56.